The Balaban J connectivity index is 2.18. The Hall–Kier alpha value is -1.09. The normalized spacial score (nSPS) is 23.9. The van der Waals surface area contributed by atoms with E-state index in [4.69, 9.17) is 0 Å². The molecule has 0 amide bonds. The number of rotatable bonds is 3. The first kappa shape index (κ1) is 15.3. The van der Waals surface area contributed by atoms with Crippen LogP contribution in [0.25, 0.3) is 0 Å². The second kappa shape index (κ2) is 6.13. The Bertz CT molecular complexity index is 436. The topological polar surface area (TPSA) is 28.2 Å². The second-order valence-corrected chi connectivity index (χ2v) is 7.14. The van der Waals surface area contributed by atoms with Crippen molar-refractivity contribution in [1.82, 2.24) is 10.3 Å². The fourth-order valence-electron chi connectivity index (χ4n) is 2.82. The molecule has 2 atom stereocenters. The van der Waals surface area contributed by atoms with Crippen molar-refractivity contribution in [3.8, 4) is 0 Å². The Morgan fingerprint density at radius 1 is 1.35 bits per heavy atom. The molecule has 112 valence electrons. The molecule has 0 aromatic carbocycles. The number of nitrogens with one attached hydrogen (secondary N) is 1. The van der Waals surface area contributed by atoms with Gasteiger partial charge in [0.25, 0.3) is 0 Å². The van der Waals surface area contributed by atoms with Gasteiger partial charge in [-0.3, -0.25) is 0 Å². The Labute approximate surface area is 123 Å². The smallest absolute Gasteiger partial charge is 0.133 e. The highest BCUT2D eigenvalue weighted by molar-refractivity contribution is 5.48. The van der Waals surface area contributed by atoms with Crippen LogP contribution in [0.4, 0.5) is 5.82 Å². The molecule has 1 aliphatic rings. The van der Waals surface area contributed by atoms with Gasteiger partial charge in [0, 0.05) is 36.4 Å². The molecule has 1 N–H and O–H groups in total. The van der Waals surface area contributed by atoms with E-state index in [1.165, 1.54) is 24.2 Å². The average molecular weight is 275 g/mol. The van der Waals surface area contributed by atoms with E-state index in [1.54, 1.807) is 0 Å². The van der Waals surface area contributed by atoms with E-state index < -0.39 is 0 Å². The lowest BCUT2D eigenvalue weighted by Gasteiger charge is -2.39. The van der Waals surface area contributed by atoms with Crippen LogP contribution in [0, 0.1) is 5.92 Å². The van der Waals surface area contributed by atoms with Crippen LogP contribution in [-0.2, 0) is 6.54 Å². The number of anilines is 1. The zero-order chi connectivity index (χ0) is 14.8. The first-order valence-electron chi connectivity index (χ1n) is 7.84. The summed E-state index contributed by atoms with van der Waals surface area (Å²) in [5.74, 6) is 1.91. The molecule has 20 heavy (non-hydrogen) atoms. The standard InChI is InChI=1S/C17H29N3/c1-13-8-7-11-20(14(13)2)16-15(9-6-10-18-16)12-19-17(3,4)5/h6,9-10,13-14,19H,7-8,11-12H2,1-5H3. The van der Waals surface area contributed by atoms with Gasteiger partial charge in [-0.1, -0.05) is 13.0 Å². The predicted octanol–water partition coefficient (Wildman–Crippen LogP) is 3.59. The number of pyridine rings is 1. The summed E-state index contributed by atoms with van der Waals surface area (Å²) in [5, 5.41) is 3.58. The second-order valence-electron chi connectivity index (χ2n) is 7.14. The van der Waals surface area contributed by atoms with Crippen LogP contribution >= 0.6 is 0 Å². The number of hydrogen-bond donors (Lipinski definition) is 1. The Morgan fingerprint density at radius 3 is 2.80 bits per heavy atom. The summed E-state index contributed by atoms with van der Waals surface area (Å²) >= 11 is 0. The summed E-state index contributed by atoms with van der Waals surface area (Å²) in [7, 11) is 0. The maximum atomic E-state index is 4.67. The van der Waals surface area contributed by atoms with Crippen LogP contribution in [0.15, 0.2) is 18.3 Å². The van der Waals surface area contributed by atoms with Crippen molar-refractivity contribution in [3.63, 3.8) is 0 Å². The van der Waals surface area contributed by atoms with Crippen LogP contribution < -0.4 is 10.2 Å². The van der Waals surface area contributed by atoms with E-state index in [2.05, 4.69) is 55.9 Å². The van der Waals surface area contributed by atoms with Gasteiger partial charge in [0.05, 0.1) is 0 Å². The molecule has 3 heteroatoms. The summed E-state index contributed by atoms with van der Waals surface area (Å²) in [6, 6.07) is 4.82. The van der Waals surface area contributed by atoms with Gasteiger partial charge in [-0.25, -0.2) is 4.98 Å². The molecule has 2 rings (SSSR count). The third kappa shape index (κ3) is 3.72. The maximum absolute atomic E-state index is 4.67. The lowest BCUT2D eigenvalue weighted by atomic mass is 9.92. The van der Waals surface area contributed by atoms with Gasteiger partial charge >= 0.3 is 0 Å². The van der Waals surface area contributed by atoms with Gasteiger partial charge < -0.3 is 10.2 Å². The number of piperidine rings is 1. The fraction of sp³-hybridized carbons (Fsp3) is 0.706. The average Bonchev–Trinajstić information content (AvgIpc) is 2.39. The molecule has 1 fully saturated rings. The summed E-state index contributed by atoms with van der Waals surface area (Å²) < 4.78 is 0. The summed E-state index contributed by atoms with van der Waals surface area (Å²) in [4.78, 5) is 7.17. The zero-order valence-electron chi connectivity index (χ0n) is 13.6. The van der Waals surface area contributed by atoms with E-state index in [0.29, 0.717) is 6.04 Å². The monoisotopic (exact) mass is 275 g/mol. The minimum Gasteiger partial charge on any atom is -0.353 e. The zero-order valence-corrected chi connectivity index (χ0v) is 13.6. The molecular formula is C17H29N3. The molecule has 0 saturated carbocycles. The highest BCUT2D eigenvalue weighted by atomic mass is 15.2. The highest BCUT2D eigenvalue weighted by Gasteiger charge is 2.27. The number of hydrogen-bond acceptors (Lipinski definition) is 3. The van der Waals surface area contributed by atoms with Crippen molar-refractivity contribution in [2.45, 2.75) is 65.6 Å². The molecule has 1 aromatic heterocycles. The van der Waals surface area contributed by atoms with Crippen molar-refractivity contribution in [2.75, 3.05) is 11.4 Å². The molecule has 3 nitrogen and oxygen atoms in total. The lowest BCUT2D eigenvalue weighted by Crippen LogP contribution is -2.44. The van der Waals surface area contributed by atoms with E-state index in [1.807, 2.05) is 12.3 Å². The number of aromatic nitrogens is 1. The molecule has 2 unspecified atom stereocenters. The lowest BCUT2D eigenvalue weighted by molar-refractivity contribution is 0.360. The van der Waals surface area contributed by atoms with Crippen molar-refractivity contribution in [2.24, 2.45) is 5.92 Å². The Morgan fingerprint density at radius 2 is 2.10 bits per heavy atom. The van der Waals surface area contributed by atoms with Crippen LogP contribution in [0.5, 0.6) is 0 Å². The van der Waals surface area contributed by atoms with Gasteiger partial charge in [0.15, 0.2) is 0 Å². The largest absolute Gasteiger partial charge is 0.353 e. The van der Waals surface area contributed by atoms with Crippen LogP contribution in [0.2, 0.25) is 0 Å². The van der Waals surface area contributed by atoms with Crippen LogP contribution in [0.3, 0.4) is 0 Å². The van der Waals surface area contributed by atoms with Gasteiger partial charge in [-0.15, -0.1) is 0 Å². The maximum Gasteiger partial charge on any atom is 0.133 e. The van der Waals surface area contributed by atoms with Gasteiger partial charge in [-0.05, 0) is 52.5 Å². The highest BCUT2D eigenvalue weighted by Crippen LogP contribution is 2.29. The summed E-state index contributed by atoms with van der Waals surface area (Å²) in [6.45, 7) is 13.3. The Kier molecular flexibility index (Phi) is 4.69. The minimum atomic E-state index is 0.133. The van der Waals surface area contributed by atoms with E-state index in [9.17, 15) is 0 Å². The van der Waals surface area contributed by atoms with Gasteiger partial charge in [-0.2, -0.15) is 0 Å². The molecule has 1 aliphatic heterocycles. The molecule has 1 aromatic rings. The quantitative estimate of drug-likeness (QED) is 0.913. The molecule has 0 spiro atoms. The van der Waals surface area contributed by atoms with Gasteiger partial charge in [0.1, 0.15) is 5.82 Å². The molecule has 0 radical (unpaired) electrons. The van der Waals surface area contributed by atoms with E-state index >= 15 is 0 Å². The predicted molar refractivity (Wildman–Crippen MR) is 86.0 cm³/mol. The third-order valence-corrected chi connectivity index (χ3v) is 4.32. The molecule has 0 bridgehead atoms. The molecular weight excluding hydrogens is 246 g/mol. The molecule has 1 saturated heterocycles. The first-order valence-corrected chi connectivity index (χ1v) is 7.84. The van der Waals surface area contributed by atoms with Gasteiger partial charge in [0.2, 0.25) is 0 Å². The number of nitrogens with zero attached hydrogens (tertiary/aromatic N) is 2. The van der Waals surface area contributed by atoms with Crippen molar-refractivity contribution >= 4 is 5.82 Å². The summed E-state index contributed by atoms with van der Waals surface area (Å²) in [6.07, 6.45) is 4.52. The summed E-state index contributed by atoms with van der Waals surface area (Å²) in [5.41, 5.74) is 1.44. The van der Waals surface area contributed by atoms with Crippen molar-refractivity contribution in [3.05, 3.63) is 23.9 Å². The van der Waals surface area contributed by atoms with Crippen molar-refractivity contribution < 1.29 is 0 Å². The third-order valence-electron chi connectivity index (χ3n) is 4.32. The molecule has 2 heterocycles. The molecule has 0 aliphatic carbocycles. The first-order chi connectivity index (χ1) is 9.38. The van der Waals surface area contributed by atoms with E-state index in [0.717, 1.165) is 19.0 Å². The van der Waals surface area contributed by atoms with E-state index in [-0.39, 0.29) is 5.54 Å². The van der Waals surface area contributed by atoms with Crippen LogP contribution in [0.1, 0.15) is 53.0 Å². The SMILES string of the molecule is CC1CCCN(c2ncccc2CNC(C)(C)C)C1C. The minimum absolute atomic E-state index is 0.133. The van der Waals surface area contributed by atoms with Crippen LogP contribution in [-0.4, -0.2) is 23.1 Å². The van der Waals surface area contributed by atoms with Crippen molar-refractivity contribution in [1.29, 1.82) is 0 Å². The fourth-order valence-corrected chi connectivity index (χ4v) is 2.82.